The van der Waals surface area contributed by atoms with Crippen molar-refractivity contribution < 1.29 is 18.7 Å². The standard InChI is InChI=1S/C29H25FN8O3/c1-3-27(39)36-8-9-37-18(13-36)14-40-25-12-22-20(11-23(25)37)29(33-15-31-22)35-21-4-5-24(17(2)28(21)30)41-19-6-7-38-26(10-19)32-16-34-38/h3-7,10-12,15-16,18H,1,8-9,13-14H2,2H3,(H,31,33,35). The van der Waals surface area contributed by atoms with Crippen LogP contribution in [0.3, 0.4) is 0 Å². The third-order valence-electron chi connectivity index (χ3n) is 7.50. The molecule has 2 aromatic carbocycles. The highest BCUT2D eigenvalue weighted by molar-refractivity contribution is 5.95. The zero-order valence-electron chi connectivity index (χ0n) is 22.1. The lowest BCUT2D eigenvalue weighted by Crippen LogP contribution is -2.58. The summed E-state index contributed by atoms with van der Waals surface area (Å²) in [7, 11) is 0. The highest BCUT2D eigenvalue weighted by Gasteiger charge is 2.34. The van der Waals surface area contributed by atoms with Crippen LogP contribution in [0.15, 0.2) is 67.9 Å². The summed E-state index contributed by atoms with van der Waals surface area (Å²) in [5.41, 5.74) is 2.78. The quantitative estimate of drug-likeness (QED) is 0.320. The molecular weight excluding hydrogens is 527 g/mol. The number of nitrogens with zero attached hydrogens (tertiary/aromatic N) is 7. The van der Waals surface area contributed by atoms with Gasteiger partial charge in [-0.05, 0) is 37.3 Å². The van der Waals surface area contributed by atoms with Crippen LogP contribution >= 0.6 is 0 Å². The maximum Gasteiger partial charge on any atom is 0.246 e. The van der Waals surface area contributed by atoms with E-state index in [1.165, 1.54) is 18.7 Å². The second kappa shape index (κ2) is 9.73. The van der Waals surface area contributed by atoms with Crippen molar-refractivity contribution in [1.82, 2.24) is 29.5 Å². The van der Waals surface area contributed by atoms with Gasteiger partial charge in [0.25, 0.3) is 0 Å². The van der Waals surface area contributed by atoms with E-state index in [9.17, 15) is 4.79 Å². The van der Waals surface area contributed by atoms with Crippen LogP contribution < -0.4 is 19.7 Å². The Hall–Kier alpha value is -5.26. The summed E-state index contributed by atoms with van der Waals surface area (Å²) < 4.78 is 29.2. The van der Waals surface area contributed by atoms with Gasteiger partial charge in [-0.1, -0.05) is 6.58 Å². The highest BCUT2D eigenvalue weighted by Crippen LogP contribution is 2.40. The van der Waals surface area contributed by atoms with Crippen molar-refractivity contribution in [3.05, 3.63) is 79.3 Å². The van der Waals surface area contributed by atoms with Gasteiger partial charge in [0.2, 0.25) is 5.91 Å². The van der Waals surface area contributed by atoms with E-state index in [0.717, 1.165) is 16.8 Å². The van der Waals surface area contributed by atoms with Gasteiger partial charge in [0.05, 0.1) is 22.9 Å². The molecule has 0 spiro atoms. The minimum absolute atomic E-state index is 0.0109. The largest absolute Gasteiger partial charge is 0.489 e. The minimum Gasteiger partial charge on any atom is -0.489 e. The van der Waals surface area contributed by atoms with Crippen molar-refractivity contribution in [1.29, 1.82) is 0 Å². The van der Waals surface area contributed by atoms with E-state index in [2.05, 4.69) is 36.8 Å². The topological polar surface area (TPSA) is 110 Å². The van der Waals surface area contributed by atoms with Crippen LogP contribution in [0, 0.1) is 12.7 Å². The number of pyridine rings is 1. The number of anilines is 3. The second-order valence-electron chi connectivity index (χ2n) is 9.91. The van der Waals surface area contributed by atoms with E-state index < -0.39 is 5.82 Å². The molecule has 206 valence electrons. The van der Waals surface area contributed by atoms with Crippen molar-refractivity contribution >= 4 is 39.6 Å². The molecule has 0 aliphatic carbocycles. The number of amides is 1. The monoisotopic (exact) mass is 552 g/mol. The Labute approximate surface area is 233 Å². The predicted molar refractivity (Wildman–Crippen MR) is 150 cm³/mol. The van der Waals surface area contributed by atoms with Gasteiger partial charge in [-0.2, -0.15) is 5.10 Å². The van der Waals surface area contributed by atoms with E-state index in [1.54, 1.807) is 46.8 Å². The maximum absolute atomic E-state index is 15.6. The average Bonchev–Trinajstić information content (AvgIpc) is 3.47. The van der Waals surface area contributed by atoms with Crippen molar-refractivity contribution in [3.63, 3.8) is 0 Å². The van der Waals surface area contributed by atoms with Crippen molar-refractivity contribution in [2.24, 2.45) is 0 Å². The van der Waals surface area contributed by atoms with Gasteiger partial charge in [0.15, 0.2) is 11.5 Å². The van der Waals surface area contributed by atoms with E-state index in [0.29, 0.717) is 60.3 Å². The number of halogens is 1. The molecule has 3 aromatic heterocycles. The zero-order chi connectivity index (χ0) is 28.1. The number of hydrogen-bond donors (Lipinski definition) is 1. The molecule has 1 saturated heterocycles. The third kappa shape index (κ3) is 4.33. The predicted octanol–water partition coefficient (Wildman–Crippen LogP) is 4.25. The number of carbonyl (C=O) groups excluding carboxylic acids is 1. The number of piperazine rings is 1. The maximum atomic E-state index is 15.6. The molecule has 1 unspecified atom stereocenters. The first-order valence-electron chi connectivity index (χ1n) is 13.1. The Balaban J connectivity index is 1.17. The van der Waals surface area contributed by atoms with Crippen LogP contribution in [0.25, 0.3) is 16.6 Å². The minimum atomic E-state index is -0.456. The Morgan fingerprint density at radius 1 is 1.17 bits per heavy atom. The number of rotatable bonds is 5. The molecule has 5 heterocycles. The molecule has 2 aliphatic rings. The van der Waals surface area contributed by atoms with Gasteiger partial charge in [-0.3, -0.25) is 4.79 Å². The smallest absolute Gasteiger partial charge is 0.246 e. The molecule has 0 bridgehead atoms. The number of carbonyl (C=O) groups is 1. The van der Waals surface area contributed by atoms with Gasteiger partial charge in [0.1, 0.15) is 42.3 Å². The third-order valence-corrected chi connectivity index (χ3v) is 7.50. The summed E-state index contributed by atoms with van der Waals surface area (Å²) in [6, 6.07) is 10.7. The van der Waals surface area contributed by atoms with Crippen LogP contribution in [0.5, 0.6) is 17.2 Å². The van der Waals surface area contributed by atoms with Crippen LogP contribution in [0.2, 0.25) is 0 Å². The summed E-state index contributed by atoms with van der Waals surface area (Å²) in [5.74, 6) is 1.55. The first-order chi connectivity index (χ1) is 20.0. The summed E-state index contributed by atoms with van der Waals surface area (Å²) in [6.45, 7) is 7.51. The summed E-state index contributed by atoms with van der Waals surface area (Å²) in [4.78, 5) is 29.2. The molecule has 5 aromatic rings. The van der Waals surface area contributed by atoms with Crippen molar-refractivity contribution in [2.75, 3.05) is 36.5 Å². The fraction of sp³-hybridized carbons (Fsp3) is 0.207. The fourth-order valence-corrected chi connectivity index (χ4v) is 5.33. The molecular formula is C29H25FN8O3. The van der Waals surface area contributed by atoms with E-state index in [-0.39, 0.29) is 17.6 Å². The molecule has 0 saturated carbocycles. The lowest BCUT2D eigenvalue weighted by Gasteiger charge is -2.45. The normalized spacial score (nSPS) is 16.2. The SMILES string of the molecule is C=CC(=O)N1CCN2c3cc4c(Nc5ccc(Oc6ccn7ncnc7c6)c(C)c5F)ncnc4cc3OCC2C1. The lowest BCUT2D eigenvalue weighted by atomic mass is 10.1. The van der Waals surface area contributed by atoms with Crippen molar-refractivity contribution in [3.8, 4) is 17.2 Å². The number of benzene rings is 2. The van der Waals surface area contributed by atoms with Gasteiger partial charge < -0.3 is 24.6 Å². The van der Waals surface area contributed by atoms with Crippen LogP contribution in [-0.4, -0.2) is 67.7 Å². The number of hydrogen-bond acceptors (Lipinski definition) is 9. The van der Waals surface area contributed by atoms with E-state index in [1.807, 2.05) is 12.1 Å². The van der Waals surface area contributed by atoms with Gasteiger partial charge in [0, 0.05) is 48.9 Å². The fourth-order valence-electron chi connectivity index (χ4n) is 5.33. The first kappa shape index (κ1) is 24.8. The summed E-state index contributed by atoms with van der Waals surface area (Å²) in [5, 5.41) is 7.94. The molecule has 12 heteroatoms. The molecule has 0 radical (unpaired) electrons. The molecule has 1 N–H and O–H groups in total. The number of aromatic nitrogens is 5. The number of nitrogens with one attached hydrogen (secondary N) is 1. The number of fused-ring (bicyclic) bond motifs is 5. The molecule has 41 heavy (non-hydrogen) atoms. The average molecular weight is 553 g/mol. The Bertz CT molecular complexity index is 1840. The molecule has 11 nitrogen and oxygen atoms in total. The molecule has 1 fully saturated rings. The van der Waals surface area contributed by atoms with E-state index in [4.69, 9.17) is 9.47 Å². The van der Waals surface area contributed by atoms with Crippen LogP contribution in [-0.2, 0) is 4.79 Å². The molecule has 1 amide bonds. The van der Waals surface area contributed by atoms with E-state index >= 15 is 4.39 Å². The summed E-state index contributed by atoms with van der Waals surface area (Å²) in [6.07, 6.45) is 5.96. The Kier molecular flexibility index (Phi) is 5.88. The molecule has 2 aliphatic heterocycles. The lowest BCUT2D eigenvalue weighted by molar-refractivity contribution is -0.127. The molecule has 7 rings (SSSR count). The second-order valence-corrected chi connectivity index (χ2v) is 9.91. The van der Waals surface area contributed by atoms with Gasteiger partial charge in [-0.15, -0.1) is 0 Å². The van der Waals surface area contributed by atoms with Crippen molar-refractivity contribution in [2.45, 2.75) is 13.0 Å². The summed E-state index contributed by atoms with van der Waals surface area (Å²) >= 11 is 0. The Morgan fingerprint density at radius 3 is 2.95 bits per heavy atom. The Morgan fingerprint density at radius 2 is 2.07 bits per heavy atom. The van der Waals surface area contributed by atoms with Crippen LogP contribution in [0.1, 0.15) is 5.56 Å². The van der Waals surface area contributed by atoms with Gasteiger partial charge >= 0.3 is 0 Å². The van der Waals surface area contributed by atoms with Crippen LogP contribution in [0.4, 0.5) is 21.6 Å². The highest BCUT2D eigenvalue weighted by atomic mass is 19.1. The zero-order valence-corrected chi connectivity index (χ0v) is 22.1. The molecule has 1 atom stereocenters. The first-order valence-corrected chi connectivity index (χ1v) is 13.1. The number of ether oxygens (including phenoxy) is 2. The van der Waals surface area contributed by atoms with Gasteiger partial charge in [-0.25, -0.2) is 23.9 Å².